The molecule has 1 unspecified atom stereocenters. The number of aliphatic imine (C=N–C) groups is 1. The van der Waals surface area contributed by atoms with E-state index in [0.29, 0.717) is 25.7 Å². The van der Waals surface area contributed by atoms with Crippen molar-refractivity contribution < 1.29 is 14.3 Å². The summed E-state index contributed by atoms with van der Waals surface area (Å²) in [5.41, 5.74) is 6.11. The smallest absolute Gasteiger partial charge is 0.310 e. The molecule has 0 spiro atoms. The van der Waals surface area contributed by atoms with E-state index < -0.39 is 0 Å². The SMILES string of the molecule is COC(=O)C(CN=C(N)N1CCC(C)CC1)C1CCOCC1.I. The minimum Gasteiger partial charge on any atom is -0.469 e. The van der Waals surface area contributed by atoms with E-state index in [9.17, 15) is 4.79 Å². The molecule has 2 N–H and O–H groups in total. The molecule has 2 fully saturated rings. The predicted molar refractivity (Wildman–Crippen MR) is 101 cm³/mol. The van der Waals surface area contributed by atoms with Crippen LogP contribution in [0.2, 0.25) is 0 Å². The summed E-state index contributed by atoms with van der Waals surface area (Å²) >= 11 is 0. The molecule has 6 nitrogen and oxygen atoms in total. The normalized spacial score (nSPS) is 22.3. The van der Waals surface area contributed by atoms with Crippen LogP contribution in [-0.2, 0) is 14.3 Å². The Hall–Kier alpha value is -0.570. The van der Waals surface area contributed by atoms with Crippen molar-refractivity contribution in [1.82, 2.24) is 4.90 Å². The monoisotopic (exact) mass is 439 g/mol. The second kappa shape index (κ2) is 10.3. The van der Waals surface area contributed by atoms with Gasteiger partial charge in [0.2, 0.25) is 0 Å². The Morgan fingerprint density at radius 1 is 1.30 bits per heavy atom. The van der Waals surface area contributed by atoms with Crippen molar-refractivity contribution in [3.63, 3.8) is 0 Å². The van der Waals surface area contributed by atoms with Gasteiger partial charge in [0, 0.05) is 26.3 Å². The van der Waals surface area contributed by atoms with E-state index >= 15 is 0 Å². The molecule has 2 aliphatic heterocycles. The molecule has 2 heterocycles. The number of guanidine groups is 1. The van der Waals surface area contributed by atoms with E-state index in [4.69, 9.17) is 15.2 Å². The summed E-state index contributed by atoms with van der Waals surface area (Å²) in [5, 5.41) is 0. The van der Waals surface area contributed by atoms with Crippen molar-refractivity contribution in [2.45, 2.75) is 32.6 Å². The third-order valence-electron chi connectivity index (χ3n) is 4.90. The highest BCUT2D eigenvalue weighted by molar-refractivity contribution is 14.0. The molecule has 2 saturated heterocycles. The lowest BCUT2D eigenvalue weighted by Gasteiger charge is -2.32. The van der Waals surface area contributed by atoms with Crippen LogP contribution in [0.4, 0.5) is 0 Å². The summed E-state index contributed by atoms with van der Waals surface area (Å²) in [7, 11) is 1.44. The Labute approximate surface area is 156 Å². The maximum absolute atomic E-state index is 12.1. The first-order chi connectivity index (χ1) is 10.6. The topological polar surface area (TPSA) is 77.1 Å². The number of rotatable bonds is 4. The standard InChI is InChI=1S/C16H29N3O3.HI/c1-12-3-7-19(8-4-12)16(17)18-11-14(15(20)21-2)13-5-9-22-10-6-13;/h12-14H,3-11H2,1-2H3,(H2,17,18);1H. The summed E-state index contributed by atoms with van der Waals surface area (Å²) in [6.45, 7) is 6.01. The Bertz CT molecular complexity index is 392. The molecular weight excluding hydrogens is 409 g/mol. The molecule has 23 heavy (non-hydrogen) atoms. The highest BCUT2D eigenvalue weighted by Gasteiger charge is 2.30. The lowest BCUT2D eigenvalue weighted by Crippen LogP contribution is -2.43. The van der Waals surface area contributed by atoms with Crippen LogP contribution >= 0.6 is 24.0 Å². The molecule has 2 rings (SSSR count). The van der Waals surface area contributed by atoms with Gasteiger partial charge in [-0.05, 0) is 37.5 Å². The van der Waals surface area contributed by atoms with E-state index in [0.717, 1.165) is 44.7 Å². The van der Waals surface area contributed by atoms with Crippen LogP contribution in [0.1, 0.15) is 32.6 Å². The minimum atomic E-state index is -0.212. The number of nitrogens with zero attached hydrogens (tertiary/aromatic N) is 2. The molecule has 0 amide bonds. The van der Waals surface area contributed by atoms with Crippen molar-refractivity contribution in [3.8, 4) is 0 Å². The molecule has 0 aromatic carbocycles. The lowest BCUT2D eigenvalue weighted by atomic mass is 9.86. The fraction of sp³-hybridized carbons (Fsp3) is 0.875. The Balaban J connectivity index is 0.00000264. The zero-order valence-electron chi connectivity index (χ0n) is 14.2. The zero-order chi connectivity index (χ0) is 15.9. The van der Waals surface area contributed by atoms with Gasteiger partial charge in [-0.25, -0.2) is 0 Å². The number of halogens is 1. The van der Waals surface area contributed by atoms with Crippen molar-refractivity contribution in [2.24, 2.45) is 28.5 Å². The van der Waals surface area contributed by atoms with E-state index in [2.05, 4.69) is 16.8 Å². The highest BCUT2D eigenvalue weighted by Crippen LogP contribution is 2.25. The summed E-state index contributed by atoms with van der Waals surface area (Å²) in [6.07, 6.45) is 4.07. The molecule has 0 radical (unpaired) electrons. The quantitative estimate of drug-likeness (QED) is 0.313. The van der Waals surface area contributed by atoms with Crippen LogP contribution in [0, 0.1) is 17.8 Å². The Morgan fingerprint density at radius 3 is 2.48 bits per heavy atom. The van der Waals surface area contributed by atoms with Crippen LogP contribution in [0.15, 0.2) is 4.99 Å². The van der Waals surface area contributed by atoms with Gasteiger partial charge in [0.05, 0.1) is 19.6 Å². The first-order valence-electron chi connectivity index (χ1n) is 8.32. The molecule has 0 aromatic rings. The van der Waals surface area contributed by atoms with Crippen LogP contribution in [0.25, 0.3) is 0 Å². The fourth-order valence-electron chi connectivity index (χ4n) is 3.22. The molecular formula is C16H30IN3O3. The third kappa shape index (κ3) is 6.10. The minimum absolute atomic E-state index is 0. The number of nitrogens with two attached hydrogens (primary N) is 1. The van der Waals surface area contributed by atoms with Gasteiger partial charge in [-0.2, -0.15) is 0 Å². The summed E-state index contributed by atoms with van der Waals surface area (Å²) in [6, 6.07) is 0. The van der Waals surface area contributed by atoms with Gasteiger partial charge in [0.1, 0.15) is 0 Å². The lowest BCUT2D eigenvalue weighted by molar-refractivity contribution is -0.148. The van der Waals surface area contributed by atoms with Gasteiger partial charge in [-0.15, -0.1) is 24.0 Å². The highest BCUT2D eigenvalue weighted by atomic mass is 127. The average molecular weight is 439 g/mol. The van der Waals surface area contributed by atoms with Gasteiger partial charge in [-0.3, -0.25) is 9.79 Å². The molecule has 7 heteroatoms. The van der Waals surface area contributed by atoms with Crippen LogP contribution in [-0.4, -0.2) is 56.8 Å². The molecule has 0 aromatic heterocycles. The number of piperidine rings is 1. The second-order valence-corrected chi connectivity index (χ2v) is 6.45. The number of ether oxygens (including phenoxy) is 2. The van der Waals surface area contributed by atoms with Crippen molar-refractivity contribution in [1.29, 1.82) is 0 Å². The summed E-state index contributed by atoms with van der Waals surface area (Å²) in [5.74, 6) is 1.20. The molecule has 134 valence electrons. The first-order valence-corrected chi connectivity index (χ1v) is 8.32. The number of likely N-dealkylation sites (tertiary alicyclic amines) is 1. The van der Waals surface area contributed by atoms with Gasteiger partial charge in [0.15, 0.2) is 5.96 Å². The van der Waals surface area contributed by atoms with E-state index in [-0.39, 0.29) is 41.8 Å². The number of hydrogen-bond acceptors (Lipinski definition) is 4. The van der Waals surface area contributed by atoms with Gasteiger partial charge in [-0.1, -0.05) is 6.92 Å². The van der Waals surface area contributed by atoms with Crippen LogP contribution < -0.4 is 5.73 Å². The Morgan fingerprint density at radius 2 is 1.91 bits per heavy atom. The predicted octanol–water partition coefficient (Wildman–Crippen LogP) is 1.87. The van der Waals surface area contributed by atoms with E-state index in [1.54, 1.807) is 0 Å². The van der Waals surface area contributed by atoms with Crippen molar-refractivity contribution >= 4 is 35.9 Å². The summed E-state index contributed by atoms with van der Waals surface area (Å²) in [4.78, 5) is 18.7. The molecule has 1 atom stereocenters. The van der Waals surface area contributed by atoms with Crippen molar-refractivity contribution in [2.75, 3.05) is 40.0 Å². The number of hydrogen-bond donors (Lipinski definition) is 1. The second-order valence-electron chi connectivity index (χ2n) is 6.45. The molecule has 2 aliphatic rings. The maximum Gasteiger partial charge on any atom is 0.310 e. The van der Waals surface area contributed by atoms with Gasteiger partial charge < -0.3 is 20.1 Å². The van der Waals surface area contributed by atoms with E-state index in [1.165, 1.54) is 7.11 Å². The average Bonchev–Trinajstić information content (AvgIpc) is 2.56. The number of methoxy groups -OCH3 is 1. The first kappa shape index (κ1) is 20.5. The fourth-order valence-corrected chi connectivity index (χ4v) is 3.22. The van der Waals surface area contributed by atoms with Crippen LogP contribution in [0.3, 0.4) is 0 Å². The third-order valence-corrected chi connectivity index (χ3v) is 4.90. The molecule has 0 saturated carbocycles. The molecule has 0 aliphatic carbocycles. The molecule has 0 bridgehead atoms. The summed E-state index contributed by atoms with van der Waals surface area (Å²) < 4.78 is 10.3. The Kier molecular flexibility index (Phi) is 9.19. The van der Waals surface area contributed by atoms with Gasteiger partial charge >= 0.3 is 5.97 Å². The zero-order valence-corrected chi connectivity index (χ0v) is 16.5. The largest absolute Gasteiger partial charge is 0.469 e. The van der Waals surface area contributed by atoms with E-state index in [1.807, 2.05) is 0 Å². The number of esters is 1. The number of carbonyl (C=O) groups is 1. The number of carbonyl (C=O) groups excluding carboxylic acids is 1. The van der Waals surface area contributed by atoms with Crippen LogP contribution in [0.5, 0.6) is 0 Å². The van der Waals surface area contributed by atoms with Gasteiger partial charge in [0.25, 0.3) is 0 Å². The van der Waals surface area contributed by atoms with Crippen molar-refractivity contribution in [3.05, 3.63) is 0 Å². The maximum atomic E-state index is 12.1.